The lowest BCUT2D eigenvalue weighted by atomic mass is 10.1. The van der Waals surface area contributed by atoms with E-state index in [2.05, 4.69) is 25.8 Å². The molecule has 2 N–H and O–H groups in total. The van der Waals surface area contributed by atoms with Crippen molar-refractivity contribution < 1.29 is 4.74 Å². The molecule has 0 saturated carbocycles. The van der Waals surface area contributed by atoms with E-state index in [1.165, 1.54) is 0 Å². The largest absolute Gasteiger partial charge is 0.497 e. The number of anilines is 1. The molecule has 4 nitrogen and oxygen atoms in total. The molecule has 0 saturated heterocycles. The zero-order valence-corrected chi connectivity index (χ0v) is 13.2. The summed E-state index contributed by atoms with van der Waals surface area (Å²) in [4.78, 5) is 6.34. The van der Waals surface area contributed by atoms with Crippen LogP contribution in [0.2, 0.25) is 0 Å². The molecule has 0 bridgehead atoms. The Kier molecular flexibility index (Phi) is 4.98. The molecule has 1 atom stereocenters. The van der Waals surface area contributed by atoms with Crippen molar-refractivity contribution >= 4 is 21.6 Å². The maximum absolute atomic E-state index is 5.95. The molecule has 1 aromatic carbocycles. The third-order valence-corrected chi connectivity index (χ3v) is 3.70. The first-order valence-electron chi connectivity index (χ1n) is 6.33. The van der Waals surface area contributed by atoms with Crippen LogP contribution in [0.5, 0.6) is 5.75 Å². The lowest BCUT2D eigenvalue weighted by molar-refractivity contribution is 0.414. The van der Waals surface area contributed by atoms with Crippen molar-refractivity contribution in [1.82, 2.24) is 4.98 Å². The van der Waals surface area contributed by atoms with Crippen LogP contribution in [0, 0.1) is 0 Å². The van der Waals surface area contributed by atoms with Crippen molar-refractivity contribution in [1.29, 1.82) is 0 Å². The van der Waals surface area contributed by atoms with Gasteiger partial charge < -0.3 is 15.4 Å². The standard InChI is InChI=1S/C15H18BrN3O/c1-19(13-4-3-5-14(7-13)20-2)15(8-17)11-6-12(16)10-18-9-11/h3-7,9-10,15H,8,17H2,1-2H3. The second-order valence-electron chi connectivity index (χ2n) is 4.50. The molecule has 1 unspecified atom stereocenters. The van der Waals surface area contributed by atoms with Crippen LogP contribution in [-0.2, 0) is 0 Å². The third kappa shape index (κ3) is 3.29. The van der Waals surface area contributed by atoms with Gasteiger partial charge >= 0.3 is 0 Å². The highest BCUT2D eigenvalue weighted by atomic mass is 79.9. The number of pyridine rings is 1. The number of ether oxygens (including phenoxy) is 1. The van der Waals surface area contributed by atoms with E-state index in [-0.39, 0.29) is 6.04 Å². The Labute approximate surface area is 127 Å². The molecule has 2 aromatic rings. The Morgan fingerprint density at radius 1 is 1.35 bits per heavy atom. The van der Waals surface area contributed by atoms with Crippen molar-refractivity contribution in [3.63, 3.8) is 0 Å². The van der Waals surface area contributed by atoms with E-state index >= 15 is 0 Å². The van der Waals surface area contributed by atoms with Gasteiger partial charge in [-0.2, -0.15) is 0 Å². The van der Waals surface area contributed by atoms with E-state index in [0.29, 0.717) is 6.54 Å². The summed E-state index contributed by atoms with van der Waals surface area (Å²) in [5.74, 6) is 0.831. The average molecular weight is 336 g/mol. The van der Waals surface area contributed by atoms with Gasteiger partial charge in [0.25, 0.3) is 0 Å². The fourth-order valence-corrected chi connectivity index (χ4v) is 2.52. The minimum Gasteiger partial charge on any atom is -0.497 e. The summed E-state index contributed by atoms with van der Waals surface area (Å²) in [5, 5.41) is 0. The van der Waals surface area contributed by atoms with Crippen LogP contribution in [0.4, 0.5) is 5.69 Å². The normalized spacial score (nSPS) is 12.0. The Morgan fingerprint density at radius 3 is 2.80 bits per heavy atom. The predicted molar refractivity (Wildman–Crippen MR) is 85.1 cm³/mol. The van der Waals surface area contributed by atoms with E-state index in [1.54, 1.807) is 13.3 Å². The Bertz CT molecular complexity index is 577. The third-order valence-electron chi connectivity index (χ3n) is 3.26. The van der Waals surface area contributed by atoms with Gasteiger partial charge in [-0.1, -0.05) is 6.07 Å². The van der Waals surface area contributed by atoms with Crippen LogP contribution in [-0.4, -0.2) is 25.7 Å². The van der Waals surface area contributed by atoms with Gasteiger partial charge in [-0.15, -0.1) is 0 Å². The Morgan fingerprint density at radius 2 is 2.15 bits per heavy atom. The predicted octanol–water partition coefficient (Wildman–Crippen LogP) is 2.99. The van der Waals surface area contributed by atoms with Crippen LogP contribution >= 0.6 is 15.9 Å². The first-order valence-corrected chi connectivity index (χ1v) is 7.12. The number of methoxy groups -OCH3 is 1. The second-order valence-corrected chi connectivity index (χ2v) is 5.42. The van der Waals surface area contributed by atoms with Crippen LogP contribution in [0.3, 0.4) is 0 Å². The molecule has 2 rings (SSSR count). The van der Waals surface area contributed by atoms with Crippen molar-refractivity contribution in [2.24, 2.45) is 5.73 Å². The van der Waals surface area contributed by atoms with E-state index in [9.17, 15) is 0 Å². The molecule has 0 fully saturated rings. The van der Waals surface area contributed by atoms with Crippen LogP contribution in [0.15, 0.2) is 47.2 Å². The SMILES string of the molecule is COc1cccc(N(C)C(CN)c2cncc(Br)c2)c1. The summed E-state index contributed by atoms with van der Waals surface area (Å²) in [6, 6.07) is 10.0. The summed E-state index contributed by atoms with van der Waals surface area (Å²) in [7, 11) is 3.69. The van der Waals surface area contributed by atoms with Gasteiger partial charge in [-0.3, -0.25) is 4.98 Å². The summed E-state index contributed by atoms with van der Waals surface area (Å²) < 4.78 is 6.22. The van der Waals surface area contributed by atoms with Crippen LogP contribution in [0.1, 0.15) is 11.6 Å². The monoisotopic (exact) mass is 335 g/mol. The van der Waals surface area contributed by atoms with Crippen molar-refractivity contribution in [2.45, 2.75) is 6.04 Å². The highest BCUT2D eigenvalue weighted by Crippen LogP contribution is 2.28. The zero-order chi connectivity index (χ0) is 14.5. The fraction of sp³-hybridized carbons (Fsp3) is 0.267. The van der Waals surface area contributed by atoms with E-state index in [4.69, 9.17) is 10.5 Å². The van der Waals surface area contributed by atoms with E-state index in [0.717, 1.165) is 21.5 Å². The number of hydrogen-bond donors (Lipinski definition) is 1. The summed E-state index contributed by atoms with van der Waals surface area (Å²) in [5.41, 5.74) is 8.08. The molecule has 0 aliphatic heterocycles. The maximum Gasteiger partial charge on any atom is 0.120 e. The quantitative estimate of drug-likeness (QED) is 0.912. The number of rotatable bonds is 5. The maximum atomic E-state index is 5.95. The lowest BCUT2D eigenvalue weighted by Crippen LogP contribution is -2.30. The van der Waals surface area contributed by atoms with Crippen LogP contribution < -0.4 is 15.4 Å². The summed E-state index contributed by atoms with van der Waals surface area (Å²) >= 11 is 3.45. The first kappa shape index (κ1) is 14.8. The summed E-state index contributed by atoms with van der Waals surface area (Å²) in [6.45, 7) is 0.506. The van der Waals surface area contributed by atoms with Gasteiger partial charge in [0, 0.05) is 42.2 Å². The molecule has 1 heterocycles. The Balaban J connectivity index is 2.30. The number of benzene rings is 1. The lowest BCUT2D eigenvalue weighted by Gasteiger charge is -2.29. The molecule has 0 aliphatic rings. The number of aromatic nitrogens is 1. The number of halogens is 1. The molecule has 1 aromatic heterocycles. The average Bonchev–Trinajstić information content (AvgIpc) is 2.48. The highest BCUT2D eigenvalue weighted by Gasteiger charge is 2.17. The van der Waals surface area contributed by atoms with Crippen molar-refractivity contribution in [3.05, 3.63) is 52.8 Å². The molecular weight excluding hydrogens is 318 g/mol. The number of nitrogens with zero attached hydrogens (tertiary/aromatic N) is 2. The molecule has 20 heavy (non-hydrogen) atoms. The number of hydrogen-bond acceptors (Lipinski definition) is 4. The molecule has 5 heteroatoms. The van der Waals surface area contributed by atoms with Gasteiger partial charge in [0.15, 0.2) is 0 Å². The number of likely N-dealkylation sites (N-methyl/N-ethyl adjacent to an activating group) is 1. The highest BCUT2D eigenvalue weighted by molar-refractivity contribution is 9.10. The molecule has 0 aliphatic carbocycles. The van der Waals surface area contributed by atoms with Gasteiger partial charge in [0.05, 0.1) is 13.2 Å². The zero-order valence-electron chi connectivity index (χ0n) is 11.6. The summed E-state index contributed by atoms with van der Waals surface area (Å²) in [6.07, 6.45) is 3.61. The minimum atomic E-state index is 0.0621. The van der Waals surface area contributed by atoms with Crippen molar-refractivity contribution in [2.75, 3.05) is 25.6 Å². The molecule has 106 valence electrons. The van der Waals surface area contributed by atoms with E-state index < -0.39 is 0 Å². The number of nitrogens with two attached hydrogens (primary N) is 1. The Hall–Kier alpha value is -1.59. The van der Waals surface area contributed by atoms with Crippen LogP contribution in [0.25, 0.3) is 0 Å². The molecule has 0 amide bonds. The van der Waals surface area contributed by atoms with Gasteiger partial charge in [0.1, 0.15) is 5.75 Å². The second kappa shape index (κ2) is 6.72. The smallest absolute Gasteiger partial charge is 0.120 e. The van der Waals surface area contributed by atoms with Gasteiger partial charge in [0.2, 0.25) is 0 Å². The fourth-order valence-electron chi connectivity index (χ4n) is 2.14. The molecule has 0 spiro atoms. The van der Waals surface area contributed by atoms with Crippen molar-refractivity contribution in [3.8, 4) is 5.75 Å². The molecular formula is C15H18BrN3O. The molecule has 0 radical (unpaired) electrons. The topological polar surface area (TPSA) is 51.4 Å². The van der Waals surface area contributed by atoms with E-state index in [1.807, 2.05) is 43.6 Å². The first-order chi connectivity index (χ1) is 9.65. The van der Waals surface area contributed by atoms with Gasteiger partial charge in [-0.25, -0.2) is 0 Å². The minimum absolute atomic E-state index is 0.0621. The van der Waals surface area contributed by atoms with Gasteiger partial charge in [-0.05, 0) is 39.7 Å².